The minimum absolute atomic E-state index is 0.270. The highest BCUT2D eigenvalue weighted by molar-refractivity contribution is 5.73. The molecule has 0 radical (unpaired) electrons. The van der Waals surface area contributed by atoms with Crippen molar-refractivity contribution in [3.05, 3.63) is 0 Å². The van der Waals surface area contributed by atoms with Crippen LogP contribution in [0.25, 0.3) is 0 Å². The average Bonchev–Trinajstić information content (AvgIpc) is 2.75. The number of rotatable bonds is 6. The number of carboxylic acids is 1. The van der Waals surface area contributed by atoms with Crippen LogP contribution >= 0.6 is 0 Å². The van der Waals surface area contributed by atoms with E-state index >= 15 is 0 Å². The lowest BCUT2D eigenvalue weighted by Crippen LogP contribution is -2.48. The van der Waals surface area contributed by atoms with E-state index in [4.69, 9.17) is 14.6 Å². The summed E-state index contributed by atoms with van der Waals surface area (Å²) in [5, 5.41) is 10.8. The Morgan fingerprint density at radius 2 is 2.29 bits per heavy atom. The van der Waals surface area contributed by atoms with Crippen LogP contribution in [0.5, 0.6) is 0 Å². The van der Waals surface area contributed by atoms with E-state index in [9.17, 15) is 9.59 Å². The summed E-state index contributed by atoms with van der Waals surface area (Å²) in [7, 11) is 1.55. The molecule has 17 heavy (non-hydrogen) atoms. The number of carboxylic acid groups (broad SMARTS) is 1. The number of hydrogen-bond acceptors (Lipinski definition) is 5. The molecule has 0 bridgehead atoms. The normalized spacial score (nSPS) is 23.4. The van der Waals surface area contributed by atoms with Crippen molar-refractivity contribution in [2.24, 2.45) is 0 Å². The number of methoxy groups -OCH3 is 1. The monoisotopic (exact) mass is 248 g/mol. The van der Waals surface area contributed by atoms with Crippen molar-refractivity contribution in [1.82, 2.24) is 10.8 Å². The van der Waals surface area contributed by atoms with E-state index in [1.54, 1.807) is 7.11 Å². The third-order valence-corrected chi connectivity index (χ3v) is 2.43. The van der Waals surface area contributed by atoms with Crippen LogP contribution in [0.15, 0.2) is 0 Å². The summed E-state index contributed by atoms with van der Waals surface area (Å²) >= 11 is 0. The van der Waals surface area contributed by atoms with E-state index < -0.39 is 24.2 Å². The van der Waals surface area contributed by atoms with Crippen LogP contribution in [0, 0.1) is 0 Å². The Balaban J connectivity index is 2.20. The first-order valence-electron chi connectivity index (χ1n) is 5.08. The molecule has 0 aromatic carbocycles. The largest absolute Gasteiger partial charge is 0.479 e. The first kappa shape index (κ1) is 13.7. The second-order valence-electron chi connectivity index (χ2n) is 3.66. The molecule has 1 unspecified atom stereocenters. The van der Waals surface area contributed by atoms with Crippen molar-refractivity contribution in [2.45, 2.75) is 12.0 Å². The van der Waals surface area contributed by atoms with Crippen LogP contribution in [-0.2, 0) is 19.1 Å². The van der Waals surface area contributed by atoms with Crippen molar-refractivity contribution < 1.29 is 29.0 Å². The molecular weight excluding hydrogens is 232 g/mol. The van der Waals surface area contributed by atoms with Gasteiger partial charge in [0.15, 0.2) is 6.61 Å². The predicted molar refractivity (Wildman–Crippen MR) is 55.3 cm³/mol. The van der Waals surface area contributed by atoms with Crippen LogP contribution in [0.2, 0.25) is 0 Å². The molecule has 0 spiro atoms. The lowest BCUT2D eigenvalue weighted by Gasteiger charge is -2.25. The number of hydroxylamine groups is 1. The first-order valence-corrected chi connectivity index (χ1v) is 5.08. The molecule has 98 valence electrons. The topological polar surface area (TPSA) is 106 Å². The second kappa shape index (κ2) is 6.38. The summed E-state index contributed by atoms with van der Waals surface area (Å²) in [5.74, 6) is -1.16. The Morgan fingerprint density at radius 3 is 2.82 bits per heavy atom. The molecule has 1 rings (SSSR count). The van der Waals surface area contributed by atoms with Gasteiger partial charge in [0.25, 0.3) is 0 Å². The molecule has 1 fully saturated rings. The summed E-state index contributed by atoms with van der Waals surface area (Å²) in [6.45, 7) is 0.685. The first-order chi connectivity index (χ1) is 8.08. The quantitative estimate of drug-likeness (QED) is 0.526. The molecule has 2 amide bonds. The highest BCUT2D eigenvalue weighted by Crippen LogP contribution is 2.21. The maximum absolute atomic E-state index is 11.2. The number of hydrogen-bond donors (Lipinski definition) is 3. The molecule has 8 heteroatoms. The van der Waals surface area contributed by atoms with Crippen molar-refractivity contribution in [3.63, 3.8) is 0 Å². The van der Waals surface area contributed by atoms with Gasteiger partial charge in [0, 0.05) is 20.1 Å². The number of amides is 2. The van der Waals surface area contributed by atoms with Gasteiger partial charge in [-0.25, -0.2) is 15.1 Å². The number of urea groups is 1. The van der Waals surface area contributed by atoms with E-state index in [1.807, 2.05) is 5.48 Å². The van der Waals surface area contributed by atoms with Crippen molar-refractivity contribution >= 4 is 12.0 Å². The lowest BCUT2D eigenvalue weighted by molar-refractivity contribution is -0.144. The Bertz CT molecular complexity index is 277. The van der Waals surface area contributed by atoms with E-state index in [1.165, 1.54) is 0 Å². The highest BCUT2D eigenvalue weighted by atomic mass is 16.7. The molecule has 0 aromatic rings. The van der Waals surface area contributed by atoms with Gasteiger partial charge < -0.3 is 19.9 Å². The fraction of sp³-hybridized carbons (Fsp3) is 0.778. The number of carbonyl (C=O) groups is 2. The van der Waals surface area contributed by atoms with Gasteiger partial charge in [0.1, 0.15) is 5.60 Å². The zero-order valence-corrected chi connectivity index (χ0v) is 9.52. The number of carbonyl (C=O) groups excluding carboxylic acids is 1. The smallest absolute Gasteiger partial charge is 0.338 e. The van der Waals surface area contributed by atoms with Crippen LogP contribution < -0.4 is 10.8 Å². The average molecular weight is 248 g/mol. The standard InChI is InChI=1S/C9H16N2O6/c1-15-9(2-3-16-6-9)5-10-8(14)11-17-4-7(12)13/h2-6H2,1H3,(H,12,13)(H2,10,11,14). The SMILES string of the molecule is COC1(CNC(=O)NOCC(=O)O)CCOC1. The minimum Gasteiger partial charge on any atom is -0.479 e. The van der Waals surface area contributed by atoms with E-state index in [2.05, 4.69) is 10.2 Å². The summed E-state index contributed by atoms with van der Waals surface area (Å²) in [4.78, 5) is 25.7. The van der Waals surface area contributed by atoms with Gasteiger partial charge in [-0.3, -0.25) is 4.84 Å². The van der Waals surface area contributed by atoms with E-state index in [-0.39, 0.29) is 6.54 Å². The number of nitrogens with one attached hydrogen (secondary N) is 2. The molecule has 3 N–H and O–H groups in total. The Labute approximate surface area is 98.2 Å². The second-order valence-corrected chi connectivity index (χ2v) is 3.66. The van der Waals surface area contributed by atoms with E-state index in [0.717, 1.165) is 0 Å². The van der Waals surface area contributed by atoms with Crippen molar-refractivity contribution in [2.75, 3.05) is 33.5 Å². The summed E-state index contributed by atoms with van der Waals surface area (Å²) < 4.78 is 10.5. The van der Waals surface area contributed by atoms with Crippen LogP contribution in [0.4, 0.5) is 4.79 Å². The maximum atomic E-state index is 11.2. The molecule has 1 atom stereocenters. The van der Waals surface area contributed by atoms with Gasteiger partial charge in [0.05, 0.1) is 13.2 Å². The van der Waals surface area contributed by atoms with Gasteiger partial charge >= 0.3 is 12.0 Å². The molecule has 1 heterocycles. The van der Waals surface area contributed by atoms with Gasteiger partial charge in [-0.05, 0) is 0 Å². The van der Waals surface area contributed by atoms with Crippen molar-refractivity contribution in [3.8, 4) is 0 Å². The van der Waals surface area contributed by atoms with Crippen LogP contribution in [-0.4, -0.2) is 56.2 Å². The molecule has 0 aromatic heterocycles. The van der Waals surface area contributed by atoms with Gasteiger partial charge in [0.2, 0.25) is 0 Å². The predicted octanol–water partition coefficient (Wildman–Crippen LogP) is -0.893. The zero-order chi connectivity index (χ0) is 12.7. The minimum atomic E-state index is -1.16. The molecule has 0 saturated carbocycles. The highest BCUT2D eigenvalue weighted by Gasteiger charge is 2.35. The van der Waals surface area contributed by atoms with E-state index in [0.29, 0.717) is 19.6 Å². The Hall–Kier alpha value is -1.38. The summed E-state index contributed by atoms with van der Waals surface area (Å²) in [6, 6.07) is -0.616. The molecular formula is C9H16N2O6. The molecule has 1 aliphatic rings. The fourth-order valence-corrected chi connectivity index (χ4v) is 1.40. The number of ether oxygens (including phenoxy) is 2. The van der Waals surface area contributed by atoms with Crippen LogP contribution in [0.3, 0.4) is 0 Å². The number of aliphatic carboxylic acids is 1. The van der Waals surface area contributed by atoms with Gasteiger partial charge in [-0.2, -0.15) is 0 Å². The van der Waals surface area contributed by atoms with Gasteiger partial charge in [-0.15, -0.1) is 0 Å². The lowest BCUT2D eigenvalue weighted by atomic mass is 10.0. The van der Waals surface area contributed by atoms with Gasteiger partial charge in [-0.1, -0.05) is 0 Å². The zero-order valence-electron chi connectivity index (χ0n) is 9.52. The third kappa shape index (κ3) is 4.55. The maximum Gasteiger partial charge on any atom is 0.338 e. The molecule has 0 aliphatic carbocycles. The summed E-state index contributed by atoms with van der Waals surface area (Å²) in [5.41, 5.74) is 1.44. The molecule has 8 nitrogen and oxygen atoms in total. The molecule has 1 saturated heterocycles. The Kier molecular flexibility index (Phi) is 5.13. The van der Waals surface area contributed by atoms with Crippen molar-refractivity contribution in [1.29, 1.82) is 0 Å². The third-order valence-electron chi connectivity index (χ3n) is 2.43. The summed E-state index contributed by atoms with van der Waals surface area (Å²) in [6.07, 6.45) is 0.694. The Morgan fingerprint density at radius 1 is 1.53 bits per heavy atom. The molecule has 1 aliphatic heterocycles. The fourth-order valence-electron chi connectivity index (χ4n) is 1.40. The van der Waals surface area contributed by atoms with Crippen LogP contribution in [0.1, 0.15) is 6.42 Å².